The molecule has 0 aliphatic carbocycles. The van der Waals surface area contributed by atoms with E-state index in [-0.39, 0.29) is 24.5 Å². The van der Waals surface area contributed by atoms with Gasteiger partial charge in [-0.05, 0) is 5.92 Å². The lowest BCUT2D eigenvalue weighted by Gasteiger charge is -1.78. The first kappa shape index (κ1) is 9.23. The Hall–Kier alpha value is 0.766. The Labute approximate surface area is 51.6 Å². The van der Waals surface area contributed by atoms with E-state index in [2.05, 4.69) is 20.8 Å². The molecule has 3 radical (unpaired) electrons. The zero-order valence-electron chi connectivity index (χ0n) is 3.99. The van der Waals surface area contributed by atoms with Gasteiger partial charge in [-0.15, -0.1) is 0 Å². The first-order chi connectivity index (χ1) is 1.73. The highest BCUT2D eigenvalue weighted by atomic mass is 24.3. The van der Waals surface area contributed by atoms with Crippen molar-refractivity contribution in [3.63, 3.8) is 0 Å². The van der Waals surface area contributed by atoms with Crippen LogP contribution < -0.4 is 0 Å². The fourth-order valence-electron chi connectivity index (χ4n) is 0. The first-order valence-electron chi connectivity index (χ1n) is 1.56. The summed E-state index contributed by atoms with van der Waals surface area (Å²) >= 11 is 0. The van der Waals surface area contributed by atoms with Gasteiger partial charge in [0.05, 0.1) is 0 Å². The molecule has 0 aromatic carbocycles. The van der Waals surface area contributed by atoms with Gasteiger partial charge < -0.3 is 0 Å². The average molecular weight is 83.4 g/mol. The lowest BCUT2D eigenvalue weighted by Crippen LogP contribution is -1.67. The van der Waals surface area contributed by atoms with Gasteiger partial charge in [0.15, 0.2) is 0 Å². The maximum Gasteiger partial charge on any atom is 0 e. The summed E-state index contributed by atoms with van der Waals surface area (Å²) in [6, 6.07) is 0. The molecule has 0 bridgehead atoms. The van der Waals surface area contributed by atoms with Crippen LogP contribution in [0.1, 0.15) is 15.3 Å². The summed E-state index contributed by atoms with van der Waals surface area (Å²) in [6.45, 7) is 7.75. The largest absolute Gasteiger partial charge is 0.0628 e. The van der Waals surface area contributed by atoms with Gasteiger partial charge in [0.25, 0.3) is 0 Å². The van der Waals surface area contributed by atoms with E-state index in [0.29, 0.717) is 5.92 Å². The van der Waals surface area contributed by atoms with E-state index in [1.807, 2.05) is 0 Å². The van der Waals surface area contributed by atoms with Gasteiger partial charge >= 0.3 is 0 Å². The van der Waals surface area contributed by atoms with Crippen molar-refractivity contribution in [2.45, 2.75) is 13.8 Å². The fourth-order valence-corrected chi connectivity index (χ4v) is 0. The minimum absolute atomic E-state index is 0. The molecule has 0 rings (SSSR count). The molecule has 0 aromatic heterocycles. The molecule has 0 aromatic rings. The van der Waals surface area contributed by atoms with Gasteiger partial charge in [-0.1, -0.05) is 20.8 Å². The fraction of sp³-hybridized carbons (Fsp3) is 0.750. The number of rotatable bonds is 0. The van der Waals surface area contributed by atoms with E-state index in [1.165, 1.54) is 0 Å². The van der Waals surface area contributed by atoms with Crippen LogP contribution in [-0.2, 0) is 0 Å². The summed E-state index contributed by atoms with van der Waals surface area (Å²) in [5, 5.41) is 0. The molecule has 29 valence electrons. The van der Waals surface area contributed by atoms with Crippen LogP contribution in [0.3, 0.4) is 0 Å². The lowest BCUT2D eigenvalue weighted by molar-refractivity contribution is 0.827. The average Bonchev–Trinajstić information content (AvgIpc) is 0.811. The zero-order chi connectivity index (χ0) is 3.58. The van der Waals surface area contributed by atoms with Crippen LogP contribution in [-0.4, -0.2) is 23.1 Å². The van der Waals surface area contributed by atoms with Crippen LogP contribution in [0.25, 0.3) is 0 Å². The van der Waals surface area contributed by atoms with Crippen molar-refractivity contribution in [1.29, 1.82) is 0 Å². The molecule has 0 amide bonds. The first-order valence-corrected chi connectivity index (χ1v) is 1.56. The molecule has 0 nitrogen and oxygen atoms in total. The number of hydrogen-bond donors (Lipinski definition) is 0. The number of hydrogen-bond acceptors (Lipinski definition) is 0. The predicted molar refractivity (Wildman–Crippen MR) is 28.1 cm³/mol. The van der Waals surface area contributed by atoms with Crippen LogP contribution in [0.15, 0.2) is 0 Å². The molecule has 1 heteroatoms. The molecule has 0 fully saturated rings. The summed E-state index contributed by atoms with van der Waals surface area (Å²) in [5.41, 5.74) is 0. The van der Waals surface area contributed by atoms with Crippen molar-refractivity contribution in [1.82, 2.24) is 0 Å². The van der Waals surface area contributed by atoms with E-state index in [1.54, 1.807) is 0 Å². The van der Waals surface area contributed by atoms with Gasteiger partial charge in [-0.2, -0.15) is 0 Å². The summed E-state index contributed by atoms with van der Waals surface area (Å²) in [6.07, 6.45) is 0. The van der Waals surface area contributed by atoms with Crippen molar-refractivity contribution in [2.24, 2.45) is 5.92 Å². The second-order valence-electron chi connectivity index (χ2n) is 1.39. The SMILES string of the molecule is [CH2]C(C)C.[HH].[Mg]. The minimum atomic E-state index is 0. The van der Waals surface area contributed by atoms with Gasteiger partial charge in [-0.25, -0.2) is 0 Å². The monoisotopic (exact) mass is 83.1 g/mol. The molecule has 0 unspecified atom stereocenters. The van der Waals surface area contributed by atoms with E-state index >= 15 is 0 Å². The van der Waals surface area contributed by atoms with Crippen LogP contribution in [0, 0.1) is 12.8 Å². The molecular formula is C4H11Mg. The summed E-state index contributed by atoms with van der Waals surface area (Å²) in [7, 11) is 0. The molecule has 0 heterocycles. The van der Waals surface area contributed by atoms with Gasteiger partial charge in [0.2, 0.25) is 0 Å². The highest BCUT2D eigenvalue weighted by Gasteiger charge is 1.68. The molecule has 0 saturated carbocycles. The van der Waals surface area contributed by atoms with Crippen molar-refractivity contribution in [2.75, 3.05) is 0 Å². The topological polar surface area (TPSA) is 0 Å². The van der Waals surface area contributed by atoms with Crippen molar-refractivity contribution >= 4 is 23.1 Å². The van der Waals surface area contributed by atoms with Crippen molar-refractivity contribution in [3.8, 4) is 0 Å². The summed E-state index contributed by atoms with van der Waals surface area (Å²) in [4.78, 5) is 0. The Bertz CT molecular complexity index is 12.3. The van der Waals surface area contributed by atoms with Crippen LogP contribution in [0.4, 0.5) is 0 Å². The third kappa shape index (κ3) is 62.1. The van der Waals surface area contributed by atoms with Gasteiger partial charge in [0.1, 0.15) is 0 Å². The van der Waals surface area contributed by atoms with E-state index in [0.717, 1.165) is 0 Å². The third-order valence-corrected chi connectivity index (χ3v) is 0. The molecule has 0 spiro atoms. The molecule has 0 atom stereocenters. The quantitative estimate of drug-likeness (QED) is 0.388. The molecule has 0 saturated heterocycles. The second kappa shape index (κ2) is 4.77. The standard InChI is InChI=1S/C4H9.Mg.H2/c1-4(2)3;;/h4H,1H2,2-3H3;;1H. The third-order valence-electron chi connectivity index (χ3n) is 0. The smallest absolute Gasteiger partial charge is 0 e. The van der Waals surface area contributed by atoms with Crippen LogP contribution in [0.5, 0.6) is 0 Å². The van der Waals surface area contributed by atoms with Crippen molar-refractivity contribution in [3.05, 3.63) is 6.92 Å². The summed E-state index contributed by atoms with van der Waals surface area (Å²) < 4.78 is 0. The molecule has 0 aliphatic heterocycles. The zero-order valence-corrected chi connectivity index (χ0v) is 5.41. The predicted octanol–water partition coefficient (Wildman–Crippen LogP) is 1.34. The highest BCUT2D eigenvalue weighted by molar-refractivity contribution is 5.75. The molecular weight excluding hydrogens is 72.3 g/mol. The highest BCUT2D eigenvalue weighted by Crippen LogP contribution is 1.80. The molecule has 5 heavy (non-hydrogen) atoms. The van der Waals surface area contributed by atoms with E-state index < -0.39 is 0 Å². The normalized spacial score (nSPS) is 7.20. The Morgan fingerprint density at radius 2 is 1.60 bits per heavy atom. The second-order valence-corrected chi connectivity index (χ2v) is 1.39. The maximum absolute atomic E-state index is 3.64. The van der Waals surface area contributed by atoms with E-state index in [9.17, 15) is 0 Å². The minimum Gasteiger partial charge on any atom is -0.0628 e. The maximum atomic E-state index is 3.64. The van der Waals surface area contributed by atoms with Crippen LogP contribution >= 0.6 is 0 Å². The van der Waals surface area contributed by atoms with E-state index in [4.69, 9.17) is 0 Å². The molecule has 0 N–H and O–H groups in total. The Morgan fingerprint density at radius 3 is 1.60 bits per heavy atom. The van der Waals surface area contributed by atoms with Crippen LogP contribution in [0.2, 0.25) is 0 Å². The summed E-state index contributed by atoms with van der Waals surface area (Å²) in [5.74, 6) is 0.583. The van der Waals surface area contributed by atoms with Crippen molar-refractivity contribution < 1.29 is 1.43 Å². The Balaban J connectivity index is -0.0000000450. The lowest BCUT2D eigenvalue weighted by atomic mass is 10.3. The Morgan fingerprint density at radius 1 is 1.60 bits per heavy atom. The van der Waals surface area contributed by atoms with Gasteiger partial charge in [0, 0.05) is 24.5 Å². The molecule has 0 aliphatic rings. The van der Waals surface area contributed by atoms with Gasteiger partial charge in [-0.3, -0.25) is 0 Å². The Kier molecular flexibility index (Phi) is 8.80.